The Hall–Kier alpha value is -3.26. The zero-order valence-corrected chi connectivity index (χ0v) is 18.5. The fourth-order valence-corrected chi connectivity index (χ4v) is 5.99. The first kappa shape index (κ1) is 20.4. The van der Waals surface area contributed by atoms with E-state index >= 15 is 0 Å². The van der Waals surface area contributed by atoms with Crippen molar-refractivity contribution in [3.05, 3.63) is 47.7 Å². The number of benzene rings is 1. The van der Waals surface area contributed by atoms with Crippen LogP contribution >= 0.6 is 0 Å². The van der Waals surface area contributed by atoms with E-state index < -0.39 is 0 Å². The van der Waals surface area contributed by atoms with Crippen molar-refractivity contribution in [2.45, 2.75) is 19.9 Å². The van der Waals surface area contributed by atoms with Gasteiger partial charge in [-0.15, -0.1) is 0 Å². The highest BCUT2D eigenvalue weighted by Crippen LogP contribution is 2.52. The average Bonchev–Trinajstić information content (AvgIpc) is 3.57. The van der Waals surface area contributed by atoms with Crippen molar-refractivity contribution in [2.75, 3.05) is 26.3 Å². The molecule has 0 radical (unpaired) electrons. The summed E-state index contributed by atoms with van der Waals surface area (Å²) >= 11 is 0. The summed E-state index contributed by atoms with van der Waals surface area (Å²) in [5.41, 5.74) is 2.62. The minimum Gasteiger partial charge on any atom is -0.378 e. The predicted molar refractivity (Wildman–Crippen MR) is 121 cm³/mol. The molecular weight excluding hydrogens is 420 g/mol. The minimum atomic E-state index is -0.266. The van der Waals surface area contributed by atoms with E-state index in [0.29, 0.717) is 26.3 Å². The highest BCUT2D eigenvalue weighted by atomic mass is 16.5. The van der Waals surface area contributed by atoms with E-state index in [1.807, 2.05) is 40.7 Å². The number of hydrogen-bond acceptors (Lipinski definition) is 5. The maximum atomic E-state index is 13.0. The standard InChI is InChI=1S/C25H26N4O4/c1-15-19(13-26-29-24(31)22-16-6-7-17(12-16)23(22)25(29)32)18-4-2-3-5-20(18)28(15)14-21(30)27-8-10-33-11-9-27/h2-7,13,16-17,22-23H,8-12,14H2,1H3. The molecule has 8 nitrogen and oxygen atoms in total. The Balaban J connectivity index is 1.30. The molecular formula is C25H26N4O4. The maximum absolute atomic E-state index is 13.0. The number of para-hydroxylation sites is 1. The van der Waals surface area contributed by atoms with E-state index in [9.17, 15) is 14.4 Å². The topological polar surface area (TPSA) is 84.2 Å². The third-order valence-corrected chi connectivity index (χ3v) is 7.69. The van der Waals surface area contributed by atoms with Gasteiger partial charge in [-0.3, -0.25) is 14.4 Å². The number of fused-ring (bicyclic) bond motifs is 6. The van der Waals surface area contributed by atoms with Gasteiger partial charge in [0.25, 0.3) is 11.8 Å². The molecule has 2 aromatic rings. The number of ether oxygens (including phenoxy) is 1. The summed E-state index contributed by atoms with van der Waals surface area (Å²) in [5, 5.41) is 6.40. The molecule has 3 heterocycles. The highest BCUT2D eigenvalue weighted by Gasteiger charge is 2.59. The summed E-state index contributed by atoms with van der Waals surface area (Å²) in [4.78, 5) is 40.7. The number of amides is 3. The summed E-state index contributed by atoms with van der Waals surface area (Å²) in [5.74, 6) is -0.551. The number of nitrogens with zero attached hydrogens (tertiary/aromatic N) is 4. The van der Waals surface area contributed by atoms with Crippen molar-refractivity contribution in [2.24, 2.45) is 28.8 Å². The van der Waals surface area contributed by atoms with Crippen LogP contribution in [-0.4, -0.2) is 64.7 Å². The summed E-state index contributed by atoms with van der Waals surface area (Å²) < 4.78 is 7.35. The van der Waals surface area contributed by atoms with E-state index in [-0.39, 0.29) is 47.9 Å². The summed E-state index contributed by atoms with van der Waals surface area (Å²) in [6.07, 6.45) is 6.66. The quantitative estimate of drug-likeness (QED) is 0.408. The molecule has 3 fully saturated rings. The lowest BCUT2D eigenvalue weighted by Crippen LogP contribution is -2.42. The second-order valence-corrected chi connectivity index (χ2v) is 9.33. The average molecular weight is 447 g/mol. The van der Waals surface area contributed by atoms with Crippen molar-refractivity contribution < 1.29 is 19.1 Å². The van der Waals surface area contributed by atoms with E-state index in [1.165, 1.54) is 0 Å². The van der Waals surface area contributed by atoms with Gasteiger partial charge in [-0.1, -0.05) is 30.4 Å². The number of allylic oxidation sites excluding steroid dienone is 2. The summed E-state index contributed by atoms with van der Waals surface area (Å²) in [6.45, 7) is 4.49. The van der Waals surface area contributed by atoms with E-state index in [0.717, 1.165) is 33.6 Å². The minimum absolute atomic E-state index is 0.0475. The number of morpholine rings is 1. The number of aromatic nitrogens is 1. The third kappa shape index (κ3) is 3.08. The van der Waals surface area contributed by atoms with Gasteiger partial charge in [-0.25, -0.2) is 0 Å². The molecule has 3 amide bonds. The van der Waals surface area contributed by atoms with Crippen molar-refractivity contribution >= 4 is 34.8 Å². The van der Waals surface area contributed by atoms with Crippen molar-refractivity contribution in [1.29, 1.82) is 0 Å². The van der Waals surface area contributed by atoms with E-state index in [1.54, 1.807) is 6.21 Å². The predicted octanol–water partition coefficient (Wildman–Crippen LogP) is 1.95. The van der Waals surface area contributed by atoms with Crippen LogP contribution in [0.3, 0.4) is 0 Å². The zero-order chi connectivity index (χ0) is 22.7. The van der Waals surface area contributed by atoms with Crippen LogP contribution in [0, 0.1) is 30.6 Å². The third-order valence-electron chi connectivity index (χ3n) is 7.69. The molecule has 33 heavy (non-hydrogen) atoms. The van der Waals surface area contributed by atoms with Gasteiger partial charge in [0.05, 0.1) is 31.3 Å². The molecule has 2 saturated heterocycles. The molecule has 4 aliphatic rings. The van der Waals surface area contributed by atoms with Crippen LogP contribution in [-0.2, 0) is 25.7 Å². The van der Waals surface area contributed by atoms with Crippen LogP contribution in [0.25, 0.3) is 10.9 Å². The maximum Gasteiger partial charge on any atom is 0.254 e. The van der Waals surface area contributed by atoms with Crippen LogP contribution in [0.2, 0.25) is 0 Å². The normalized spacial score (nSPS) is 28.6. The Labute approximate surface area is 191 Å². The molecule has 1 saturated carbocycles. The lowest BCUT2D eigenvalue weighted by molar-refractivity contribution is -0.140. The van der Waals surface area contributed by atoms with Gasteiger partial charge in [0.1, 0.15) is 6.54 Å². The molecule has 0 N–H and O–H groups in total. The summed E-state index contributed by atoms with van der Waals surface area (Å²) in [6, 6.07) is 7.83. The number of hydrogen-bond donors (Lipinski definition) is 0. The van der Waals surface area contributed by atoms with Gasteiger partial charge < -0.3 is 14.2 Å². The zero-order valence-electron chi connectivity index (χ0n) is 18.5. The Morgan fingerprint density at radius 3 is 2.45 bits per heavy atom. The lowest BCUT2D eigenvalue weighted by Gasteiger charge is -2.27. The molecule has 0 spiro atoms. The van der Waals surface area contributed by atoms with Crippen molar-refractivity contribution in [1.82, 2.24) is 14.5 Å². The fourth-order valence-electron chi connectivity index (χ4n) is 5.99. The lowest BCUT2D eigenvalue weighted by atomic mass is 9.85. The molecule has 1 aromatic heterocycles. The van der Waals surface area contributed by atoms with Crippen LogP contribution in [0.5, 0.6) is 0 Å². The first-order valence-electron chi connectivity index (χ1n) is 11.6. The van der Waals surface area contributed by atoms with Crippen LogP contribution in [0.15, 0.2) is 41.5 Å². The monoisotopic (exact) mass is 446 g/mol. The highest BCUT2D eigenvalue weighted by molar-refractivity contribution is 6.08. The van der Waals surface area contributed by atoms with E-state index in [4.69, 9.17) is 4.74 Å². The molecule has 4 unspecified atom stereocenters. The van der Waals surface area contributed by atoms with Crippen LogP contribution in [0.1, 0.15) is 17.7 Å². The van der Waals surface area contributed by atoms with Crippen molar-refractivity contribution in [3.63, 3.8) is 0 Å². The number of imide groups is 1. The van der Waals surface area contributed by atoms with Gasteiger partial charge in [-0.2, -0.15) is 10.1 Å². The van der Waals surface area contributed by atoms with Gasteiger partial charge in [-0.05, 0) is 31.2 Å². The Morgan fingerprint density at radius 2 is 1.76 bits per heavy atom. The second-order valence-electron chi connectivity index (χ2n) is 9.33. The van der Waals surface area contributed by atoms with Gasteiger partial charge in [0.15, 0.2) is 0 Å². The molecule has 2 aliphatic heterocycles. The molecule has 2 aliphatic carbocycles. The van der Waals surface area contributed by atoms with Crippen LogP contribution in [0.4, 0.5) is 0 Å². The summed E-state index contributed by atoms with van der Waals surface area (Å²) in [7, 11) is 0. The number of carbonyl (C=O) groups is 3. The first-order valence-corrected chi connectivity index (χ1v) is 11.6. The van der Waals surface area contributed by atoms with Gasteiger partial charge in [0, 0.05) is 35.2 Å². The van der Waals surface area contributed by atoms with E-state index in [2.05, 4.69) is 17.3 Å². The Bertz CT molecular complexity index is 1190. The second kappa shape index (κ2) is 7.66. The van der Waals surface area contributed by atoms with Crippen LogP contribution < -0.4 is 0 Å². The largest absolute Gasteiger partial charge is 0.378 e. The Kier molecular flexibility index (Phi) is 4.72. The molecule has 8 heteroatoms. The van der Waals surface area contributed by atoms with Gasteiger partial charge in [0.2, 0.25) is 5.91 Å². The SMILES string of the molecule is Cc1c(C=NN2C(=O)C3C4C=CC(C4)C3C2=O)c2ccccc2n1CC(=O)N1CCOCC1. The smallest absolute Gasteiger partial charge is 0.254 e. The molecule has 2 bridgehead atoms. The van der Waals surface area contributed by atoms with Gasteiger partial charge >= 0.3 is 0 Å². The number of hydrazone groups is 1. The fraction of sp³-hybridized carbons (Fsp3) is 0.440. The van der Waals surface area contributed by atoms with Crippen molar-refractivity contribution in [3.8, 4) is 0 Å². The number of rotatable bonds is 4. The molecule has 1 aromatic carbocycles. The molecule has 4 atom stereocenters. The Morgan fingerprint density at radius 1 is 1.09 bits per heavy atom. The molecule has 170 valence electrons. The number of carbonyl (C=O) groups excluding carboxylic acids is 3. The molecule has 6 rings (SSSR count). The first-order chi connectivity index (χ1) is 16.0.